The molecule has 2 amide bonds. The Labute approximate surface area is 164 Å². The summed E-state index contributed by atoms with van der Waals surface area (Å²) in [4.78, 5) is 29.3. The third-order valence-electron chi connectivity index (χ3n) is 5.60. The lowest BCUT2D eigenvalue weighted by molar-refractivity contribution is -0.126. The monoisotopic (exact) mass is 389 g/mol. The minimum atomic E-state index is -0.0236. The summed E-state index contributed by atoms with van der Waals surface area (Å²) >= 11 is 0. The van der Waals surface area contributed by atoms with Gasteiger partial charge in [-0.1, -0.05) is 0 Å². The molecule has 0 aliphatic carbocycles. The van der Waals surface area contributed by atoms with Crippen LogP contribution in [0.2, 0.25) is 0 Å². The number of ether oxygens (including phenoxy) is 3. The molecule has 3 heterocycles. The number of morpholine rings is 1. The lowest BCUT2D eigenvalue weighted by atomic mass is 9.95. The third kappa shape index (κ3) is 4.39. The standard InChI is InChI=1S/C20H27N3O5/c24-19(21-5-8-22-9-11-26-12-10-22)15-3-6-23(7-4-15)20(25)16-1-2-17-18(13-16)28-14-27-17/h1-2,13,15H,3-12,14H2,(H,21,24). The number of piperidine rings is 1. The molecule has 0 radical (unpaired) electrons. The van der Waals surface area contributed by atoms with E-state index < -0.39 is 0 Å². The predicted octanol–water partition coefficient (Wildman–Crippen LogP) is 0.716. The summed E-state index contributed by atoms with van der Waals surface area (Å²) in [5.41, 5.74) is 0.595. The van der Waals surface area contributed by atoms with Crippen LogP contribution < -0.4 is 14.8 Å². The van der Waals surface area contributed by atoms with Crippen LogP contribution in [0.3, 0.4) is 0 Å². The van der Waals surface area contributed by atoms with Crippen molar-refractivity contribution in [2.75, 3.05) is 59.3 Å². The molecular formula is C20H27N3O5. The smallest absolute Gasteiger partial charge is 0.253 e. The Bertz CT molecular complexity index is 712. The van der Waals surface area contributed by atoms with Crippen molar-refractivity contribution in [3.05, 3.63) is 23.8 Å². The van der Waals surface area contributed by atoms with Crippen molar-refractivity contribution in [3.63, 3.8) is 0 Å². The number of hydrogen-bond acceptors (Lipinski definition) is 6. The molecule has 1 aromatic carbocycles. The van der Waals surface area contributed by atoms with E-state index in [9.17, 15) is 9.59 Å². The second-order valence-corrected chi connectivity index (χ2v) is 7.38. The highest BCUT2D eigenvalue weighted by atomic mass is 16.7. The number of carbonyl (C=O) groups excluding carboxylic acids is 2. The van der Waals surface area contributed by atoms with Gasteiger partial charge in [-0.05, 0) is 31.0 Å². The molecule has 2 fully saturated rings. The van der Waals surface area contributed by atoms with Gasteiger partial charge >= 0.3 is 0 Å². The average Bonchev–Trinajstić information content (AvgIpc) is 3.22. The summed E-state index contributed by atoms with van der Waals surface area (Å²) in [6.07, 6.45) is 1.39. The number of rotatable bonds is 5. The van der Waals surface area contributed by atoms with E-state index in [0.29, 0.717) is 49.5 Å². The van der Waals surface area contributed by atoms with E-state index in [4.69, 9.17) is 14.2 Å². The molecule has 0 atom stereocenters. The molecule has 0 aromatic heterocycles. The van der Waals surface area contributed by atoms with Crippen molar-refractivity contribution >= 4 is 11.8 Å². The molecule has 28 heavy (non-hydrogen) atoms. The Hall–Kier alpha value is -2.32. The minimum Gasteiger partial charge on any atom is -0.454 e. The van der Waals surface area contributed by atoms with Crippen LogP contribution in [0.15, 0.2) is 18.2 Å². The van der Waals surface area contributed by atoms with Gasteiger partial charge in [-0.2, -0.15) is 0 Å². The second kappa shape index (κ2) is 8.79. The number of likely N-dealkylation sites (tertiary alicyclic amines) is 1. The molecule has 152 valence electrons. The van der Waals surface area contributed by atoms with Gasteiger partial charge in [-0.3, -0.25) is 14.5 Å². The highest BCUT2D eigenvalue weighted by Crippen LogP contribution is 2.33. The van der Waals surface area contributed by atoms with Crippen LogP contribution in [0.1, 0.15) is 23.2 Å². The molecule has 4 rings (SSSR count). The van der Waals surface area contributed by atoms with Crippen molar-refractivity contribution in [2.24, 2.45) is 5.92 Å². The van der Waals surface area contributed by atoms with Crippen molar-refractivity contribution in [1.82, 2.24) is 15.1 Å². The van der Waals surface area contributed by atoms with Crippen molar-refractivity contribution in [2.45, 2.75) is 12.8 Å². The quantitative estimate of drug-likeness (QED) is 0.799. The maximum Gasteiger partial charge on any atom is 0.253 e. The van der Waals surface area contributed by atoms with Gasteiger partial charge in [0, 0.05) is 50.7 Å². The molecule has 2 saturated heterocycles. The van der Waals surface area contributed by atoms with Crippen molar-refractivity contribution in [1.29, 1.82) is 0 Å². The van der Waals surface area contributed by atoms with Crippen molar-refractivity contribution in [3.8, 4) is 11.5 Å². The SMILES string of the molecule is O=C(NCCN1CCOCC1)C1CCN(C(=O)c2ccc3c(c2)OCO3)CC1. The topological polar surface area (TPSA) is 80.3 Å². The van der Waals surface area contributed by atoms with E-state index in [0.717, 1.165) is 32.8 Å². The van der Waals surface area contributed by atoms with Crippen LogP contribution in [0.5, 0.6) is 11.5 Å². The van der Waals surface area contributed by atoms with E-state index >= 15 is 0 Å². The molecule has 1 aromatic rings. The predicted molar refractivity (Wildman–Crippen MR) is 101 cm³/mol. The van der Waals surface area contributed by atoms with E-state index in [1.807, 2.05) is 4.90 Å². The highest BCUT2D eigenvalue weighted by Gasteiger charge is 2.28. The summed E-state index contributed by atoms with van der Waals surface area (Å²) in [6.45, 7) is 6.29. The summed E-state index contributed by atoms with van der Waals surface area (Å²) < 4.78 is 16.0. The molecule has 0 unspecified atom stereocenters. The Kier molecular flexibility index (Phi) is 5.97. The number of nitrogens with one attached hydrogen (secondary N) is 1. The zero-order valence-corrected chi connectivity index (χ0v) is 16.0. The van der Waals surface area contributed by atoms with Gasteiger partial charge in [0.1, 0.15) is 0 Å². The van der Waals surface area contributed by atoms with Gasteiger partial charge < -0.3 is 24.4 Å². The normalized spacial score (nSPS) is 20.2. The zero-order valence-electron chi connectivity index (χ0n) is 16.0. The number of benzene rings is 1. The number of fused-ring (bicyclic) bond motifs is 1. The number of hydrogen-bond donors (Lipinski definition) is 1. The number of amides is 2. The summed E-state index contributed by atoms with van der Waals surface area (Å²) in [5.74, 6) is 1.34. The van der Waals surface area contributed by atoms with Crippen LogP contribution in [-0.4, -0.2) is 80.9 Å². The van der Waals surface area contributed by atoms with E-state index in [2.05, 4.69) is 10.2 Å². The molecule has 1 N–H and O–H groups in total. The highest BCUT2D eigenvalue weighted by molar-refractivity contribution is 5.95. The molecule has 3 aliphatic heterocycles. The Morgan fingerprint density at radius 2 is 1.79 bits per heavy atom. The largest absolute Gasteiger partial charge is 0.454 e. The van der Waals surface area contributed by atoms with Crippen LogP contribution in [0.4, 0.5) is 0 Å². The van der Waals surface area contributed by atoms with E-state index in [-0.39, 0.29) is 24.5 Å². The van der Waals surface area contributed by atoms with Gasteiger partial charge in [-0.25, -0.2) is 0 Å². The molecule has 8 heteroatoms. The van der Waals surface area contributed by atoms with Gasteiger partial charge in [0.25, 0.3) is 5.91 Å². The van der Waals surface area contributed by atoms with E-state index in [1.54, 1.807) is 18.2 Å². The summed E-state index contributed by atoms with van der Waals surface area (Å²) in [5, 5.41) is 3.05. The molecule has 3 aliphatic rings. The van der Waals surface area contributed by atoms with Gasteiger partial charge in [0.15, 0.2) is 11.5 Å². The fraction of sp³-hybridized carbons (Fsp3) is 0.600. The maximum absolute atomic E-state index is 12.7. The fourth-order valence-corrected chi connectivity index (χ4v) is 3.86. The van der Waals surface area contributed by atoms with Gasteiger partial charge in [-0.15, -0.1) is 0 Å². The minimum absolute atomic E-state index is 0.0227. The Morgan fingerprint density at radius 1 is 1.04 bits per heavy atom. The molecule has 8 nitrogen and oxygen atoms in total. The molecular weight excluding hydrogens is 362 g/mol. The first-order valence-electron chi connectivity index (χ1n) is 9.97. The average molecular weight is 389 g/mol. The number of carbonyl (C=O) groups is 2. The van der Waals surface area contributed by atoms with Gasteiger partial charge in [0.05, 0.1) is 13.2 Å². The van der Waals surface area contributed by atoms with Crippen LogP contribution >= 0.6 is 0 Å². The molecule has 0 saturated carbocycles. The fourth-order valence-electron chi connectivity index (χ4n) is 3.86. The Balaban J connectivity index is 1.21. The lowest BCUT2D eigenvalue weighted by Crippen LogP contribution is -2.45. The number of nitrogens with zero attached hydrogens (tertiary/aromatic N) is 2. The lowest BCUT2D eigenvalue weighted by Gasteiger charge is -2.32. The second-order valence-electron chi connectivity index (χ2n) is 7.38. The molecule has 0 spiro atoms. The van der Waals surface area contributed by atoms with Crippen molar-refractivity contribution < 1.29 is 23.8 Å². The van der Waals surface area contributed by atoms with E-state index in [1.165, 1.54) is 0 Å². The van der Waals surface area contributed by atoms with Gasteiger partial charge in [0.2, 0.25) is 12.7 Å². The first-order valence-corrected chi connectivity index (χ1v) is 9.97. The zero-order chi connectivity index (χ0) is 19.3. The van der Waals surface area contributed by atoms with Crippen LogP contribution in [-0.2, 0) is 9.53 Å². The first-order chi connectivity index (χ1) is 13.7. The summed E-state index contributed by atoms with van der Waals surface area (Å²) in [7, 11) is 0. The maximum atomic E-state index is 12.7. The van der Waals surface area contributed by atoms with Crippen LogP contribution in [0, 0.1) is 5.92 Å². The third-order valence-corrected chi connectivity index (χ3v) is 5.60. The molecule has 0 bridgehead atoms. The summed E-state index contributed by atoms with van der Waals surface area (Å²) in [6, 6.07) is 5.26. The van der Waals surface area contributed by atoms with Crippen LogP contribution in [0.25, 0.3) is 0 Å². The first kappa shape index (κ1) is 19.0. The Morgan fingerprint density at radius 3 is 2.57 bits per heavy atom.